The maximum absolute atomic E-state index is 12.3. The minimum absolute atomic E-state index is 0.0125. The van der Waals surface area contributed by atoms with Crippen LogP contribution in [-0.2, 0) is 11.3 Å². The lowest BCUT2D eigenvalue weighted by molar-refractivity contribution is -0.112. The molecule has 0 aliphatic carbocycles. The lowest BCUT2D eigenvalue weighted by atomic mass is 10.0. The van der Waals surface area contributed by atoms with Gasteiger partial charge in [-0.3, -0.25) is 9.69 Å². The Labute approximate surface area is 127 Å². The first-order chi connectivity index (χ1) is 10.2. The third-order valence-electron chi connectivity index (χ3n) is 4.10. The van der Waals surface area contributed by atoms with E-state index in [-0.39, 0.29) is 5.91 Å². The van der Waals surface area contributed by atoms with Crippen LogP contribution in [0.1, 0.15) is 26.3 Å². The zero-order valence-electron chi connectivity index (χ0n) is 13.2. The molecule has 2 rings (SSSR count). The molecule has 114 valence electrons. The summed E-state index contributed by atoms with van der Waals surface area (Å²) in [4.78, 5) is 14.7. The van der Waals surface area contributed by atoms with Crippen molar-refractivity contribution in [1.29, 1.82) is 0 Å². The molecule has 0 unspecified atom stereocenters. The molecule has 1 aliphatic rings. The molecule has 1 amide bonds. The number of carbonyl (C=O) groups excluding carboxylic acids is 1. The van der Waals surface area contributed by atoms with Gasteiger partial charge in [0.15, 0.2) is 0 Å². The minimum atomic E-state index is 0.0125. The Morgan fingerprint density at radius 3 is 2.48 bits per heavy atom. The largest absolute Gasteiger partial charge is 0.322 e. The second kappa shape index (κ2) is 7.38. The Morgan fingerprint density at radius 2 is 1.90 bits per heavy atom. The normalized spacial score (nSPS) is 14.0. The quantitative estimate of drug-likeness (QED) is 0.790. The summed E-state index contributed by atoms with van der Waals surface area (Å²) in [7, 11) is 0. The fraction of sp³-hybridized carbons (Fsp3) is 0.471. The smallest absolute Gasteiger partial charge is 0.251 e. The summed E-state index contributed by atoms with van der Waals surface area (Å²) in [5.41, 5.74) is 4.13. The number of anilines is 1. The number of amides is 1. The van der Waals surface area contributed by atoms with Crippen molar-refractivity contribution in [3.05, 3.63) is 41.0 Å². The summed E-state index contributed by atoms with van der Waals surface area (Å²) in [5.74, 6) is 0.0125. The van der Waals surface area contributed by atoms with Crippen LogP contribution < -0.4 is 10.6 Å². The van der Waals surface area contributed by atoms with Gasteiger partial charge in [-0.2, -0.15) is 0 Å². The predicted octanol–water partition coefficient (Wildman–Crippen LogP) is 2.39. The second-order valence-electron chi connectivity index (χ2n) is 5.40. The van der Waals surface area contributed by atoms with Crippen molar-refractivity contribution in [3.8, 4) is 0 Å². The van der Waals surface area contributed by atoms with Crippen LogP contribution in [0.15, 0.2) is 35.4 Å². The van der Waals surface area contributed by atoms with Crippen molar-refractivity contribution in [2.75, 3.05) is 31.5 Å². The zero-order chi connectivity index (χ0) is 15.2. The average molecular weight is 287 g/mol. The van der Waals surface area contributed by atoms with Crippen molar-refractivity contribution in [1.82, 2.24) is 10.2 Å². The molecule has 0 aromatic heterocycles. The van der Waals surface area contributed by atoms with E-state index in [1.54, 1.807) is 0 Å². The van der Waals surface area contributed by atoms with Gasteiger partial charge in [-0.05, 0) is 37.2 Å². The van der Waals surface area contributed by atoms with Crippen LogP contribution in [0.5, 0.6) is 0 Å². The first-order valence-electron chi connectivity index (χ1n) is 7.66. The van der Waals surface area contributed by atoms with Crippen molar-refractivity contribution < 1.29 is 4.79 Å². The first kappa shape index (κ1) is 15.7. The SMILES string of the molecule is CCN(CC)Cc1ccccc1NC(=O)C(C)=C1CNC1. The number of benzene rings is 1. The summed E-state index contributed by atoms with van der Waals surface area (Å²) in [6.45, 7) is 10.8. The van der Waals surface area contributed by atoms with Crippen LogP contribution in [0.2, 0.25) is 0 Å². The lowest BCUT2D eigenvalue weighted by Crippen LogP contribution is -2.36. The summed E-state index contributed by atoms with van der Waals surface area (Å²) in [5, 5.41) is 6.23. The van der Waals surface area contributed by atoms with Crippen molar-refractivity contribution in [2.45, 2.75) is 27.3 Å². The topological polar surface area (TPSA) is 44.4 Å². The number of nitrogens with zero attached hydrogens (tertiary/aromatic N) is 1. The maximum atomic E-state index is 12.3. The van der Waals surface area contributed by atoms with Crippen molar-refractivity contribution >= 4 is 11.6 Å². The Bertz CT molecular complexity index is 527. The molecule has 21 heavy (non-hydrogen) atoms. The number of nitrogens with one attached hydrogen (secondary N) is 2. The molecule has 4 nitrogen and oxygen atoms in total. The molecule has 1 heterocycles. The zero-order valence-corrected chi connectivity index (χ0v) is 13.2. The molecule has 0 spiro atoms. The molecule has 0 radical (unpaired) electrons. The Kier molecular flexibility index (Phi) is 5.53. The molecule has 2 N–H and O–H groups in total. The molecule has 0 atom stereocenters. The van der Waals surface area contributed by atoms with Crippen LogP contribution in [0.4, 0.5) is 5.69 Å². The van der Waals surface area contributed by atoms with Gasteiger partial charge in [0.2, 0.25) is 0 Å². The molecular weight excluding hydrogens is 262 g/mol. The number of hydrogen-bond donors (Lipinski definition) is 2. The van der Waals surface area contributed by atoms with E-state index < -0.39 is 0 Å². The van der Waals surface area contributed by atoms with E-state index in [0.29, 0.717) is 0 Å². The molecule has 1 fully saturated rings. The highest BCUT2D eigenvalue weighted by Crippen LogP contribution is 2.19. The minimum Gasteiger partial charge on any atom is -0.322 e. The molecule has 1 aromatic rings. The van der Waals surface area contributed by atoms with Gasteiger partial charge in [-0.1, -0.05) is 32.0 Å². The van der Waals surface area contributed by atoms with E-state index in [9.17, 15) is 4.79 Å². The van der Waals surface area contributed by atoms with Crippen LogP contribution in [0.25, 0.3) is 0 Å². The monoisotopic (exact) mass is 287 g/mol. The van der Waals surface area contributed by atoms with E-state index >= 15 is 0 Å². The predicted molar refractivity (Wildman–Crippen MR) is 87.3 cm³/mol. The van der Waals surface area contributed by atoms with Crippen LogP contribution in [0, 0.1) is 0 Å². The molecule has 1 aromatic carbocycles. The average Bonchev–Trinajstić information content (AvgIpc) is 2.44. The van der Waals surface area contributed by atoms with Crippen molar-refractivity contribution in [3.63, 3.8) is 0 Å². The highest BCUT2D eigenvalue weighted by Gasteiger charge is 2.17. The second-order valence-corrected chi connectivity index (χ2v) is 5.40. The first-order valence-corrected chi connectivity index (χ1v) is 7.66. The summed E-state index contributed by atoms with van der Waals surface area (Å²) >= 11 is 0. The number of hydrogen-bond acceptors (Lipinski definition) is 3. The lowest BCUT2D eigenvalue weighted by Gasteiger charge is -2.23. The highest BCUT2D eigenvalue weighted by molar-refractivity contribution is 6.04. The Balaban J connectivity index is 2.11. The van der Waals surface area contributed by atoms with E-state index in [2.05, 4.69) is 35.4 Å². The maximum Gasteiger partial charge on any atom is 0.251 e. The molecule has 4 heteroatoms. The Morgan fingerprint density at radius 1 is 1.24 bits per heavy atom. The van der Waals surface area contributed by atoms with Gasteiger partial charge in [-0.15, -0.1) is 0 Å². The fourth-order valence-corrected chi connectivity index (χ4v) is 2.36. The standard InChI is InChI=1S/C17H25N3O/c1-4-20(5-2)12-14-8-6-7-9-16(14)19-17(21)13(3)15-10-18-11-15/h6-9,18H,4-5,10-12H2,1-3H3,(H,19,21). The van der Waals surface area contributed by atoms with Gasteiger partial charge >= 0.3 is 0 Å². The van der Waals surface area contributed by atoms with Crippen molar-refractivity contribution in [2.24, 2.45) is 0 Å². The summed E-state index contributed by atoms with van der Waals surface area (Å²) < 4.78 is 0. The highest BCUT2D eigenvalue weighted by atomic mass is 16.1. The van der Waals surface area contributed by atoms with Gasteiger partial charge in [-0.25, -0.2) is 0 Å². The molecule has 1 saturated heterocycles. The molecular formula is C17H25N3O. The number of carbonyl (C=O) groups is 1. The third kappa shape index (κ3) is 3.93. The number of rotatable bonds is 6. The summed E-state index contributed by atoms with van der Waals surface area (Å²) in [6, 6.07) is 8.05. The molecule has 0 saturated carbocycles. The van der Waals surface area contributed by atoms with Crippen LogP contribution in [-0.4, -0.2) is 37.0 Å². The van der Waals surface area contributed by atoms with Crippen LogP contribution >= 0.6 is 0 Å². The van der Waals surface area contributed by atoms with E-state index in [1.165, 1.54) is 11.1 Å². The third-order valence-corrected chi connectivity index (χ3v) is 4.10. The van der Waals surface area contributed by atoms with Gasteiger partial charge in [0.1, 0.15) is 0 Å². The van der Waals surface area contributed by atoms with E-state index in [0.717, 1.165) is 44.0 Å². The van der Waals surface area contributed by atoms with Gasteiger partial charge < -0.3 is 10.6 Å². The molecule has 1 aliphatic heterocycles. The van der Waals surface area contributed by atoms with Gasteiger partial charge in [0, 0.05) is 30.9 Å². The fourth-order valence-electron chi connectivity index (χ4n) is 2.36. The van der Waals surface area contributed by atoms with Gasteiger partial charge in [0.05, 0.1) is 0 Å². The van der Waals surface area contributed by atoms with Gasteiger partial charge in [0.25, 0.3) is 5.91 Å². The van der Waals surface area contributed by atoms with Crippen LogP contribution in [0.3, 0.4) is 0 Å². The molecule has 0 bridgehead atoms. The van der Waals surface area contributed by atoms with E-state index in [4.69, 9.17) is 0 Å². The van der Waals surface area contributed by atoms with E-state index in [1.807, 2.05) is 25.1 Å². The Hall–Kier alpha value is -1.65. The number of para-hydroxylation sites is 1. The summed E-state index contributed by atoms with van der Waals surface area (Å²) in [6.07, 6.45) is 0.